The maximum Gasteiger partial charge on any atom is 0.257 e. The zero-order valence-corrected chi connectivity index (χ0v) is 14.2. The molecular formula is C19H24N2O4. The molecular weight excluding hydrogens is 320 g/mol. The topological polar surface area (TPSA) is 78.9 Å². The fourth-order valence-electron chi connectivity index (χ4n) is 3.16. The van der Waals surface area contributed by atoms with Gasteiger partial charge in [-0.25, -0.2) is 0 Å². The van der Waals surface area contributed by atoms with Gasteiger partial charge >= 0.3 is 0 Å². The van der Waals surface area contributed by atoms with Crippen LogP contribution in [-0.2, 0) is 9.53 Å². The molecule has 3 rings (SSSR count). The summed E-state index contributed by atoms with van der Waals surface area (Å²) in [6, 6.07) is 4.46. The van der Waals surface area contributed by atoms with E-state index in [1.807, 2.05) is 0 Å². The molecule has 1 heterocycles. The van der Waals surface area contributed by atoms with E-state index in [0.717, 1.165) is 31.8 Å². The average molecular weight is 344 g/mol. The Morgan fingerprint density at radius 3 is 2.68 bits per heavy atom. The number of piperidine rings is 1. The lowest BCUT2D eigenvalue weighted by molar-refractivity contribution is -0.111. The summed E-state index contributed by atoms with van der Waals surface area (Å²) in [6.07, 6.45) is 6.84. The highest BCUT2D eigenvalue weighted by molar-refractivity contribution is 6.02. The lowest BCUT2D eigenvalue weighted by atomic mass is 9.95. The fourth-order valence-corrected chi connectivity index (χ4v) is 3.16. The molecule has 1 aliphatic carbocycles. The Bertz CT molecular complexity index is 669. The minimum Gasteiger partial charge on any atom is -0.507 e. The van der Waals surface area contributed by atoms with E-state index >= 15 is 0 Å². The quantitative estimate of drug-likeness (QED) is 0.636. The largest absolute Gasteiger partial charge is 0.507 e. The number of aromatic hydroxyl groups is 1. The van der Waals surface area contributed by atoms with Crippen LogP contribution in [0.25, 0.3) is 0 Å². The molecule has 134 valence electrons. The minimum atomic E-state index is -0.365. The third-order valence-corrected chi connectivity index (χ3v) is 4.78. The van der Waals surface area contributed by atoms with Gasteiger partial charge in [0.15, 0.2) is 0 Å². The third kappa shape index (κ3) is 4.20. The number of nitrogens with one attached hydrogen (secondary N) is 1. The Balaban J connectivity index is 1.69. The van der Waals surface area contributed by atoms with Crippen LogP contribution in [0.3, 0.4) is 0 Å². The summed E-state index contributed by atoms with van der Waals surface area (Å²) in [4.78, 5) is 26.0. The first-order chi connectivity index (χ1) is 12.1. The van der Waals surface area contributed by atoms with Gasteiger partial charge in [0.25, 0.3) is 5.91 Å². The molecule has 1 aliphatic heterocycles. The number of phenolic OH excluding ortho intramolecular Hbond substituents is 1. The molecule has 6 nitrogen and oxygen atoms in total. The summed E-state index contributed by atoms with van der Waals surface area (Å²) >= 11 is 0. The van der Waals surface area contributed by atoms with Crippen molar-refractivity contribution in [2.45, 2.75) is 44.3 Å². The van der Waals surface area contributed by atoms with E-state index in [2.05, 4.69) is 11.9 Å². The first-order valence-electron chi connectivity index (χ1n) is 8.78. The van der Waals surface area contributed by atoms with Gasteiger partial charge in [0.2, 0.25) is 5.91 Å². The molecule has 0 radical (unpaired) electrons. The van der Waals surface area contributed by atoms with E-state index in [0.29, 0.717) is 24.9 Å². The molecule has 1 saturated carbocycles. The van der Waals surface area contributed by atoms with E-state index in [9.17, 15) is 14.7 Å². The van der Waals surface area contributed by atoms with Crippen molar-refractivity contribution in [3.63, 3.8) is 0 Å². The first-order valence-corrected chi connectivity index (χ1v) is 8.78. The molecule has 0 spiro atoms. The van der Waals surface area contributed by atoms with E-state index in [1.165, 1.54) is 18.6 Å². The molecule has 1 aromatic rings. The number of likely N-dealkylation sites (tertiary alicyclic amines) is 1. The minimum absolute atomic E-state index is 0.0637. The van der Waals surface area contributed by atoms with E-state index in [-0.39, 0.29) is 29.2 Å². The van der Waals surface area contributed by atoms with Crippen LogP contribution < -0.4 is 5.32 Å². The highest BCUT2D eigenvalue weighted by Crippen LogP contribution is 2.28. The van der Waals surface area contributed by atoms with Crippen molar-refractivity contribution >= 4 is 17.5 Å². The summed E-state index contributed by atoms with van der Waals surface area (Å²) in [6.45, 7) is 4.58. The number of hydrogen-bond acceptors (Lipinski definition) is 4. The molecule has 1 saturated heterocycles. The van der Waals surface area contributed by atoms with Crippen molar-refractivity contribution in [1.29, 1.82) is 0 Å². The van der Waals surface area contributed by atoms with Crippen LogP contribution in [0.15, 0.2) is 30.9 Å². The van der Waals surface area contributed by atoms with Crippen molar-refractivity contribution in [2.75, 3.05) is 18.4 Å². The first kappa shape index (κ1) is 17.5. The maximum absolute atomic E-state index is 12.8. The number of ether oxygens (including phenoxy) is 1. The van der Waals surface area contributed by atoms with Crippen molar-refractivity contribution in [3.05, 3.63) is 36.4 Å². The number of phenols is 1. The molecule has 0 aromatic heterocycles. The van der Waals surface area contributed by atoms with Gasteiger partial charge in [-0.3, -0.25) is 9.59 Å². The van der Waals surface area contributed by atoms with Gasteiger partial charge in [-0.05, 0) is 56.4 Å². The SMILES string of the molecule is C=CC(=O)Nc1ccc(O)c(C(=O)N2CCCC(OC3CCC3)C2)c1. The molecule has 1 unspecified atom stereocenters. The monoisotopic (exact) mass is 344 g/mol. The summed E-state index contributed by atoms with van der Waals surface area (Å²) in [5, 5.41) is 12.7. The van der Waals surface area contributed by atoms with Gasteiger partial charge < -0.3 is 20.1 Å². The second-order valence-electron chi connectivity index (χ2n) is 6.63. The van der Waals surface area contributed by atoms with Crippen LogP contribution in [0.4, 0.5) is 5.69 Å². The predicted molar refractivity (Wildman–Crippen MR) is 94.6 cm³/mol. The van der Waals surface area contributed by atoms with Gasteiger partial charge in [-0.15, -0.1) is 0 Å². The molecule has 2 aliphatic rings. The number of amides is 2. The second kappa shape index (κ2) is 7.70. The Hall–Kier alpha value is -2.34. The molecule has 2 N–H and O–H groups in total. The number of carbonyl (C=O) groups is 2. The fraction of sp³-hybridized carbons (Fsp3) is 0.474. The Morgan fingerprint density at radius 1 is 1.24 bits per heavy atom. The Morgan fingerprint density at radius 2 is 2.00 bits per heavy atom. The molecule has 2 amide bonds. The normalized spacial score (nSPS) is 20.6. The zero-order valence-electron chi connectivity index (χ0n) is 14.2. The summed E-state index contributed by atoms with van der Waals surface area (Å²) in [7, 11) is 0. The van der Waals surface area contributed by atoms with E-state index in [1.54, 1.807) is 11.0 Å². The van der Waals surface area contributed by atoms with Crippen LogP contribution in [0.1, 0.15) is 42.5 Å². The molecule has 2 fully saturated rings. The predicted octanol–water partition coefficient (Wildman–Crippen LogP) is 2.69. The van der Waals surface area contributed by atoms with Crippen molar-refractivity contribution in [2.24, 2.45) is 0 Å². The van der Waals surface area contributed by atoms with Gasteiger partial charge in [0.05, 0.1) is 17.8 Å². The van der Waals surface area contributed by atoms with Crippen molar-refractivity contribution < 1.29 is 19.4 Å². The number of anilines is 1. The number of hydrogen-bond donors (Lipinski definition) is 2. The Kier molecular flexibility index (Phi) is 5.38. The van der Waals surface area contributed by atoms with Crippen LogP contribution in [0.5, 0.6) is 5.75 Å². The smallest absolute Gasteiger partial charge is 0.257 e. The number of carbonyl (C=O) groups excluding carboxylic acids is 2. The van der Waals surface area contributed by atoms with Gasteiger partial charge in [0.1, 0.15) is 5.75 Å². The summed E-state index contributed by atoms with van der Waals surface area (Å²) < 4.78 is 6.04. The Labute approximate surface area is 147 Å². The van der Waals surface area contributed by atoms with Crippen LogP contribution in [0.2, 0.25) is 0 Å². The van der Waals surface area contributed by atoms with Gasteiger partial charge in [-0.2, -0.15) is 0 Å². The molecule has 6 heteroatoms. The highest BCUT2D eigenvalue weighted by Gasteiger charge is 2.29. The standard InChI is InChI=1S/C19H24N2O4/c1-2-18(23)20-13-8-9-17(22)16(11-13)19(24)21-10-4-7-15(12-21)25-14-5-3-6-14/h2,8-9,11,14-15,22H,1,3-7,10,12H2,(H,20,23). The zero-order chi connectivity index (χ0) is 17.8. The van der Waals surface area contributed by atoms with Crippen molar-refractivity contribution in [1.82, 2.24) is 4.90 Å². The molecule has 0 bridgehead atoms. The molecule has 25 heavy (non-hydrogen) atoms. The maximum atomic E-state index is 12.8. The molecule has 1 aromatic carbocycles. The van der Waals surface area contributed by atoms with Crippen LogP contribution in [-0.4, -0.2) is 47.1 Å². The summed E-state index contributed by atoms with van der Waals surface area (Å²) in [5.41, 5.74) is 0.636. The second-order valence-corrected chi connectivity index (χ2v) is 6.63. The average Bonchev–Trinajstić information content (AvgIpc) is 2.59. The number of benzene rings is 1. The number of rotatable bonds is 5. The molecule has 1 atom stereocenters. The summed E-state index contributed by atoms with van der Waals surface area (Å²) in [5.74, 6) is -0.700. The van der Waals surface area contributed by atoms with Gasteiger partial charge in [0, 0.05) is 18.8 Å². The lowest BCUT2D eigenvalue weighted by Gasteiger charge is -2.37. The number of nitrogens with zero attached hydrogens (tertiary/aromatic N) is 1. The van der Waals surface area contributed by atoms with Gasteiger partial charge in [-0.1, -0.05) is 6.58 Å². The van der Waals surface area contributed by atoms with E-state index < -0.39 is 0 Å². The highest BCUT2D eigenvalue weighted by atomic mass is 16.5. The third-order valence-electron chi connectivity index (χ3n) is 4.78. The van der Waals surface area contributed by atoms with Crippen LogP contribution >= 0.6 is 0 Å². The van der Waals surface area contributed by atoms with Crippen molar-refractivity contribution in [3.8, 4) is 5.75 Å². The van der Waals surface area contributed by atoms with Crippen LogP contribution in [0, 0.1) is 0 Å². The lowest BCUT2D eigenvalue weighted by Crippen LogP contribution is -2.45. The van der Waals surface area contributed by atoms with E-state index in [4.69, 9.17) is 4.74 Å².